The number of nitrogens with zero attached hydrogens (tertiary/aromatic N) is 3. The van der Waals surface area contributed by atoms with Crippen molar-refractivity contribution in [3.63, 3.8) is 0 Å². The molecule has 2 aromatic rings. The molecule has 1 aliphatic heterocycles. The molecule has 28 heavy (non-hydrogen) atoms. The van der Waals surface area contributed by atoms with Gasteiger partial charge in [0, 0.05) is 31.9 Å². The molecule has 6 heteroatoms. The van der Waals surface area contributed by atoms with E-state index in [1.807, 2.05) is 64.1 Å². The molecular weight excluding hydrogens is 352 g/mol. The van der Waals surface area contributed by atoms with Gasteiger partial charge in [0.15, 0.2) is 0 Å². The van der Waals surface area contributed by atoms with Crippen molar-refractivity contribution in [2.24, 2.45) is 5.73 Å². The number of pyridine rings is 1. The number of hydrogen-bond donors (Lipinski definition) is 1. The molecule has 3 rings (SSSR count). The molecule has 1 aromatic heterocycles. The lowest BCUT2D eigenvalue weighted by Crippen LogP contribution is -2.50. The predicted molar refractivity (Wildman–Crippen MR) is 111 cm³/mol. The molecule has 2 heterocycles. The van der Waals surface area contributed by atoms with Crippen LogP contribution in [-0.2, 0) is 4.74 Å². The SMILES string of the molecule is Cc1nc(N2CCN(C(=O)OC(C)(C)C)CC2)ccc1C(N)c1ccccc1. The van der Waals surface area contributed by atoms with Crippen LogP contribution in [0.3, 0.4) is 0 Å². The average molecular weight is 383 g/mol. The van der Waals surface area contributed by atoms with E-state index >= 15 is 0 Å². The van der Waals surface area contributed by atoms with Gasteiger partial charge in [-0.1, -0.05) is 36.4 Å². The van der Waals surface area contributed by atoms with E-state index in [-0.39, 0.29) is 12.1 Å². The van der Waals surface area contributed by atoms with Gasteiger partial charge in [-0.25, -0.2) is 9.78 Å². The largest absolute Gasteiger partial charge is 0.444 e. The summed E-state index contributed by atoms with van der Waals surface area (Å²) in [6, 6.07) is 14.0. The van der Waals surface area contributed by atoms with E-state index in [4.69, 9.17) is 15.5 Å². The lowest BCUT2D eigenvalue weighted by molar-refractivity contribution is 0.0240. The van der Waals surface area contributed by atoms with Gasteiger partial charge in [-0.3, -0.25) is 0 Å². The maximum atomic E-state index is 12.2. The molecule has 0 bridgehead atoms. The molecule has 150 valence electrons. The molecular formula is C22H30N4O2. The maximum Gasteiger partial charge on any atom is 0.410 e. The molecule has 1 fully saturated rings. The van der Waals surface area contributed by atoms with Gasteiger partial charge in [0.25, 0.3) is 0 Å². The van der Waals surface area contributed by atoms with Gasteiger partial charge >= 0.3 is 6.09 Å². The molecule has 1 atom stereocenters. The lowest BCUT2D eigenvalue weighted by Gasteiger charge is -2.36. The zero-order chi connectivity index (χ0) is 20.3. The van der Waals surface area contributed by atoms with Gasteiger partial charge in [-0.2, -0.15) is 0 Å². The smallest absolute Gasteiger partial charge is 0.410 e. The van der Waals surface area contributed by atoms with Crippen LogP contribution in [0.5, 0.6) is 0 Å². The Labute approximate surface area is 167 Å². The fourth-order valence-corrected chi connectivity index (χ4v) is 3.35. The van der Waals surface area contributed by atoms with Crippen molar-refractivity contribution in [2.45, 2.75) is 39.3 Å². The van der Waals surface area contributed by atoms with Gasteiger partial charge < -0.3 is 20.3 Å². The molecule has 0 spiro atoms. The van der Waals surface area contributed by atoms with Crippen molar-refractivity contribution in [3.05, 3.63) is 59.3 Å². The molecule has 1 unspecified atom stereocenters. The minimum atomic E-state index is -0.472. The summed E-state index contributed by atoms with van der Waals surface area (Å²) in [7, 11) is 0. The molecule has 0 radical (unpaired) electrons. The van der Waals surface area contributed by atoms with Crippen molar-refractivity contribution < 1.29 is 9.53 Å². The number of aryl methyl sites for hydroxylation is 1. The third-order valence-electron chi connectivity index (χ3n) is 4.86. The Morgan fingerprint density at radius 1 is 1.07 bits per heavy atom. The highest BCUT2D eigenvalue weighted by atomic mass is 16.6. The van der Waals surface area contributed by atoms with Crippen molar-refractivity contribution >= 4 is 11.9 Å². The Balaban J connectivity index is 1.65. The summed E-state index contributed by atoms with van der Waals surface area (Å²) in [5, 5.41) is 0. The van der Waals surface area contributed by atoms with E-state index in [1.54, 1.807) is 4.90 Å². The van der Waals surface area contributed by atoms with Gasteiger partial charge in [-0.05, 0) is 44.9 Å². The van der Waals surface area contributed by atoms with E-state index in [9.17, 15) is 4.79 Å². The average Bonchev–Trinajstić information content (AvgIpc) is 2.67. The van der Waals surface area contributed by atoms with E-state index in [0.717, 1.165) is 35.7 Å². The highest BCUT2D eigenvalue weighted by Crippen LogP contribution is 2.24. The fraction of sp³-hybridized carbons (Fsp3) is 0.455. The Bertz CT molecular complexity index is 809. The Morgan fingerprint density at radius 2 is 1.71 bits per heavy atom. The number of carbonyl (C=O) groups is 1. The minimum Gasteiger partial charge on any atom is -0.444 e. The Morgan fingerprint density at radius 3 is 2.29 bits per heavy atom. The van der Waals surface area contributed by atoms with Crippen LogP contribution in [0.1, 0.15) is 43.6 Å². The standard InChI is InChI=1S/C22H30N4O2/c1-16-18(20(23)17-8-6-5-7-9-17)10-11-19(24-16)25-12-14-26(15-13-25)21(27)28-22(2,3)4/h5-11,20H,12-15,23H2,1-4H3. The van der Waals surface area contributed by atoms with Gasteiger partial charge in [0.2, 0.25) is 0 Å². The molecule has 1 saturated heterocycles. The fourth-order valence-electron chi connectivity index (χ4n) is 3.35. The molecule has 1 amide bonds. The number of nitrogens with two attached hydrogens (primary N) is 1. The van der Waals surface area contributed by atoms with Crippen LogP contribution in [0.2, 0.25) is 0 Å². The highest BCUT2D eigenvalue weighted by molar-refractivity contribution is 5.68. The first-order valence-electron chi connectivity index (χ1n) is 9.75. The third kappa shape index (κ3) is 4.81. The summed E-state index contributed by atoms with van der Waals surface area (Å²) in [5.74, 6) is 0.922. The summed E-state index contributed by atoms with van der Waals surface area (Å²) >= 11 is 0. The first-order chi connectivity index (χ1) is 13.2. The van der Waals surface area contributed by atoms with E-state index in [0.29, 0.717) is 13.1 Å². The highest BCUT2D eigenvalue weighted by Gasteiger charge is 2.26. The van der Waals surface area contributed by atoms with Crippen molar-refractivity contribution in [1.82, 2.24) is 9.88 Å². The first kappa shape index (κ1) is 20.1. The van der Waals surface area contributed by atoms with Gasteiger partial charge in [-0.15, -0.1) is 0 Å². The van der Waals surface area contributed by atoms with Crippen molar-refractivity contribution in [3.8, 4) is 0 Å². The van der Waals surface area contributed by atoms with Crippen LogP contribution in [0.25, 0.3) is 0 Å². The third-order valence-corrected chi connectivity index (χ3v) is 4.86. The van der Waals surface area contributed by atoms with Crippen LogP contribution >= 0.6 is 0 Å². The number of amides is 1. The first-order valence-corrected chi connectivity index (χ1v) is 9.75. The number of piperazine rings is 1. The van der Waals surface area contributed by atoms with E-state index < -0.39 is 5.60 Å². The Hall–Kier alpha value is -2.60. The van der Waals surface area contributed by atoms with Gasteiger partial charge in [0.1, 0.15) is 11.4 Å². The van der Waals surface area contributed by atoms with Crippen LogP contribution in [-0.4, -0.2) is 47.8 Å². The number of carbonyl (C=O) groups excluding carboxylic acids is 1. The van der Waals surface area contributed by atoms with E-state index in [1.165, 1.54) is 0 Å². The van der Waals surface area contributed by atoms with Crippen molar-refractivity contribution in [1.29, 1.82) is 0 Å². The summed E-state index contributed by atoms with van der Waals surface area (Å²) < 4.78 is 5.46. The maximum absolute atomic E-state index is 12.2. The molecule has 6 nitrogen and oxygen atoms in total. The van der Waals surface area contributed by atoms with Crippen molar-refractivity contribution in [2.75, 3.05) is 31.1 Å². The second kappa shape index (κ2) is 8.19. The normalized spacial score (nSPS) is 16.0. The van der Waals surface area contributed by atoms with Crippen LogP contribution < -0.4 is 10.6 Å². The number of hydrogen-bond acceptors (Lipinski definition) is 5. The quantitative estimate of drug-likeness (QED) is 0.880. The summed E-state index contributed by atoms with van der Waals surface area (Å²) in [5.41, 5.74) is 9.00. The monoisotopic (exact) mass is 382 g/mol. The summed E-state index contributed by atoms with van der Waals surface area (Å²) in [6.07, 6.45) is -0.250. The zero-order valence-electron chi connectivity index (χ0n) is 17.2. The lowest BCUT2D eigenvalue weighted by atomic mass is 9.98. The van der Waals surface area contributed by atoms with Crippen LogP contribution in [0.4, 0.5) is 10.6 Å². The number of ether oxygens (including phenoxy) is 1. The van der Waals surface area contributed by atoms with Gasteiger partial charge in [0.05, 0.1) is 6.04 Å². The van der Waals surface area contributed by atoms with Crippen LogP contribution in [0, 0.1) is 6.92 Å². The molecule has 0 aliphatic carbocycles. The van der Waals surface area contributed by atoms with E-state index in [2.05, 4.69) is 11.0 Å². The molecule has 1 aromatic carbocycles. The molecule has 0 saturated carbocycles. The second-order valence-corrected chi connectivity index (χ2v) is 8.19. The molecule has 2 N–H and O–H groups in total. The molecule has 1 aliphatic rings. The number of benzene rings is 1. The predicted octanol–water partition coefficient (Wildman–Crippen LogP) is 3.50. The minimum absolute atomic E-state index is 0.188. The number of aromatic nitrogens is 1. The Kier molecular flexibility index (Phi) is 5.89. The van der Waals surface area contributed by atoms with Crippen LogP contribution in [0.15, 0.2) is 42.5 Å². The number of anilines is 1. The number of rotatable bonds is 3. The summed E-state index contributed by atoms with van der Waals surface area (Å²) in [4.78, 5) is 21.0. The second-order valence-electron chi connectivity index (χ2n) is 8.19. The zero-order valence-corrected chi connectivity index (χ0v) is 17.2. The topological polar surface area (TPSA) is 71.7 Å². The summed E-state index contributed by atoms with van der Waals surface area (Å²) in [6.45, 7) is 10.4.